The van der Waals surface area contributed by atoms with Crippen LogP contribution in [0, 0.1) is 0 Å². The molecule has 7 heteroatoms. The lowest BCUT2D eigenvalue weighted by molar-refractivity contribution is 0.256. The van der Waals surface area contributed by atoms with Crippen molar-refractivity contribution in [2.75, 3.05) is 4.90 Å². The number of aromatic nitrogens is 2. The van der Waals surface area contributed by atoms with Crippen LogP contribution in [-0.2, 0) is 0 Å². The summed E-state index contributed by atoms with van der Waals surface area (Å²) in [5, 5.41) is 0.945. The minimum atomic E-state index is -0.554. The molecule has 3 aromatic rings. The Morgan fingerprint density at radius 1 is 1.00 bits per heavy atom. The van der Waals surface area contributed by atoms with Crippen LogP contribution in [0.1, 0.15) is 0 Å². The van der Waals surface area contributed by atoms with Crippen LogP contribution in [0.3, 0.4) is 0 Å². The van der Waals surface area contributed by atoms with Gasteiger partial charge in [-0.05, 0) is 36.4 Å². The molecule has 2 aromatic heterocycles. The van der Waals surface area contributed by atoms with Crippen LogP contribution in [0.5, 0.6) is 0 Å². The van der Waals surface area contributed by atoms with Gasteiger partial charge in [-0.1, -0.05) is 6.07 Å². The number of carbonyl (C=O) groups is 1. The highest BCUT2D eigenvalue weighted by molar-refractivity contribution is 6.00. The molecule has 0 atom stereocenters. The number of hydrogen-bond acceptors (Lipinski definition) is 3. The van der Waals surface area contributed by atoms with Crippen molar-refractivity contribution >= 4 is 53.1 Å². The third-order valence-electron chi connectivity index (χ3n) is 2.97. The SMILES string of the molecule is Cl.Cl.NC(=O)N(c1cccnc1)c1ccc2ncccc2c1. The van der Waals surface area contributed by atoms with Crippen LogP contribution in [0.15, 0.2) is 61.1 Å². The summed E-state index contributed by atoms with van der Waals surface area (Å²) in [5.74, 6) is 0. The van der Waals surface area contributed by atoms with Crippen molar-refractivity contribution in [1.29, 1.82) is 0 Å². The highest BCUT2D eigenvalue weighted by Crippen LogP contribution is 2.27. The molecule has 0 saturated heterocycles. The van der Waals surface area contributed by atoms with Crippen molar-refractivity contribution in [3.63, 3.8) is 0 Å². The van der Waals surface area contributed by atoms with Gasteiger partial charge in [-0.15, -0.1) is 24.8 Å². The molecule has 0 bridgehead atoms. The molecular weight excluding hydrogens is 323 g/mol. The summed E-state index contributed by atoms with van der Waals surface area (Å²) in [6.07, 6.45) is 4.97. The van der Waals surface area contributed by atoms with E-state index in [2.05, 4.69) is 9.97 Å². The highest BCUT2D eigenvalue weighted by Gasteiger charge is 2.15. The number of primary amides is 1. The lowest BCUT2D eigenvalue weighted by atomic mass is 10.2. The minimum absolute atomic E-state index is 0. The summed E-state index contributed by atoms with van der Waals surface area (Å²) >= 11 is 0. The van der Waals surface area contributed by atoms with Gasteiger partial charge in [0.25, 0.3) is 0 Å². The second-order valence-corrected chi connectivity index (χ2v) is 4.27. The summed E-state index contributed by atoms with van der Waals surface area (Å²) in [6, 6.07) is 12.3. The molecule has 0 spiro atoms. The summed E-state index contributed by atoms with van der Waals surface area (Å²) in [5.41, 5.74) is 7.67. The van der Waals surface area contributed by atoms with Crippen LogP contribution in [0.4, 0.5) is 16.2 Å². The molecule has 0 saturated carbocycles. The normalized spacial score (nSPS) is 9.45. The van der Waals surface area contributed by atoms with E-state index in [-0.39, 0.29) is 24.8 Å². The Morgan fingerprint density at radius 2 is 1.77 bits per heavy atom. The number of nitrogens with zero attached hydrogens (tertiary/aromatic N) is 3. The van der Waals surface area contributed by atoms with E-state index < -0.39 is 6.03 Å². The topological polar surface area (TPSA) is 72.1 Å². The molecule has 5 nitrogen and oxygen atoms in total. The van der Waals surface area contributed by atoms with Gasteiger partial charge in [0.15, 0.2) is 0 Å². The number of benzene rings is 1. The van der Waals surface area contributed by atoms with Crippen molar-refractivity contribution in [3.05, 3.63) is 61.1 Å². The first-order chi connectivity index (χ1) is 9.75. The number of amides is 2. The van der Waals surface area contributed by atoms with Gasteiger partial charge < -0.3 is 5.73 Å². The van der Waals surface area contributed by atoms with E-state index in [0.29, 0.717) is 11.4 Å². The number of fused-ring (bicyclic) bond motifs is 1. The Bertz CT molecular complexity index is 768. The molecule has 0 radical (unpaired) electrons. The minimum Gasteiger partial charge on any atom is -0.351 e. The third kappa shape index (κ3) is 3.44. The quantitative estimate of drug-likeness (QED) is 0.775. The number of urea groups is 1. The van der Waals surface area contributed by atoms with E-state index >= 15 is 0 Å². The lowest BCUT2D eigenvalue weighted by Crippen LogP contribution is -2.31. The monoisotopic (exact) mass is 336 g/mol. The van der Waals surface area contributed by atoms with Crippen molar-refractivity contribution in [2.45, 2.75) is 0 Å². The molecule has 0 fully saturated rings. The van der Waals surface area contributed by atoms with E-state index in [4.69, 9.17) is 5.73 Å². The van der Waals surface area contributed by atoms with Crippen LogP contribution in [0.25, 0.3) is 10.9 Å². The maximum absolute atomic E-state index is 11.7. The first-order valence-corrected chi connectivity index (χ1v) is 6.10. The average molecular weight is 337 g/mol. The molecule has 0 aliphatic carbocycles. The van der Waals surface area contributed by atoms with Crippen molar-refractivity contribution < 1.29 is 4.79 Å². The Morgan fingerprint density at radius 3 is 2.45 bits per heavy atom. The molecule has 114 valence electrons. The van der Waals surface area contributed by atoms with E-state index in [1.54, 1.807) is 30.7 Å². The summed E-state index contributed by atoms with van der Waals surface area (Å²) in [4.78, 5) is 21.4. The predicted octanol–water partition coefficient (Wildman–Crippen LogP) is 3.69. The fourth-order valence-electron chi connectivity index (χ4n) is 2.09. The van der Waals surface area contributed by atoms with Gasteiger partial charge in [-0.2, -0.15) is 0 Å². The van der Waals surface area contributed by atoms with Gasteiger partial charge in [0.1, 0.15) is 0 Å². The zero-order chi connectivity index (χ0) is 13.9. The van der Waals surface area contributed by atoms with Gasteiger partial charge in [0.05, 0.1) is 23.1 Å². The van der Waals surface area contributed by atoms with Crippen LogP contribution in [-0.4, -0.2) is 16.0 Å². The summed E-state index contributed by atoms with van der Waals surface area (Å²) in [7, 11) is 0. The van der Waals surface area contributed by atoms with Crippen LogP contribution < -0.4 is 10.6 Å². The molecule has 2 N–H and O–H groups in total. The Labute approximate surface area is 140 Å². The number of pyridine rings is 2. The van der Waals surface area contributed by atoms with E-state index in [1.165, 1.54) is 4.90 Å². The number of carbonyl (C=O) groups excluding carboxylic acids is 1. The van der Waals surface area contributed by atoms with E-state index in [9.17, 15) is 4.79 Å². The number of hydrogen-bond donors (Lipinski definition) is 1. The molecule has 3 rings (SSSR count). The van der Waals surface area contributed by atoms with Gasteiger partial charge in [0, 0.05) is 17.8 Å². The van der Waals surface area contributed by atoms with Crippen LogP contribution in [0.2, 0.25) is 0 Å². The Kier molecular flexibility index (Phi) is 6.10. The summed E-state index contributed by atoms with van der Waals surface area (Å²) < 4.78 is 0. The Balaban J connectivity index is 0.00000121. The second-order valence-electron chi connectivity index (χ2n) is 4.27. The van der Waals surface area contributed by atoms with E-state index in [0.717, 1.165) is 10.9 Å². The van der Waals surface area contributed by atoms with Crippen molar-refractivity contribution in [1.82, 2.24) is 9.97 Å². The van der Waals surface area contributed by atoms with Crippen molar-refractivity contribution in [2.24, 2.45) is 5.73 Å². The molecule has 2 heterocycles. The first-order valence-electron chi connectivity index (χ1n) is 6.10. The van der Waals surface area contributed by atoms with Gasteiger partial charge in [0.2, 0.25) is 0 Å². The molecule has 0 aliphatic heterocycles. The Hall–Kier alpha value is -2.37. The standard InChI is InChI=1S/C15H12N4O.2ClH/c16-15(20)19(13-4-2-7-17-10-13)12-5-6-14-11(9-12)3-1-8-18-14;;/h1-10H,(H2,16,20);2*1H. The first kappa shape index (κ1) is 17.7. The largest absolute Gasteiger partial charge is 0.351 e. The third-order valence-corrected chi connectivity index (χ3v) is 2.97. The fourth-order valence-corrected chi connectivity index (χ4v) is 2.09. The smallest absolute Gasteiger partial charge is 0.323 e. The predicted molar refractivity (Wildman–Crippen MR) is 92.2 cm³/mol. The maximum Gasteiger partial charge on any atom is 0.323 e. The summed E-state index contributed by atoms with van der Waals surface area (Å²) in [6.45, 7) is 0. The zero-order valence-electron chi connectivity index (χ0n) is 11.4. The molecule has 22 heavy (non-hydrogen) atoms. The van der Waals surface area contributed by atoms with Crippen LogP contribution >= 0.6 is 24.8 Å². The number of nitrogens with two attached hydrogens (primary N) is 1. The number of rotatable bonds is 2. The van der Waals surface area contributed by atoms with Gasteiger partial charge >= 0.3 is 6.03 Å². The zero-order valence-corrected chi connectivity index (χ0v) is 13.1. The molecule has 1 aromatic carbocycles. The second kappa shape index (κ2) is 7.59. The van der Waals surface area contributed by atoms with Crippen molar-refractivity contribution in [3.8, 4) is 0 Å². The average Bonchev–Trinajstić information content (AvgIpc) is 2.48. The van der Waals surface area contributed by atoms with E-state index in [1.807, 2.05) is 30.3 Å². The highest BCUT2D eigenvalue weighted by atomic mass is 35.5. The number of anilines is 2. The lowest BCUT2D eigenvalue weighted by Gasteiger charge is -2.20. The maximum atomic E-state index is 11.7. The molecule has 0 unspecified atom stereocenters. The molecular formula is C15H14Cl2N4O. The fraction of sp³-hybridized carbons (Fsp3) is 0. The van der Waals surface area contributed by atoms with Gasteiger partial charge in [-0.3, -0.25) is 14.9 Å². The molecule has 2 amide bonds. The van der Waals surface area contributed by atoms with Gasteiger partial charge in [-0.25, -0.2) is 4.79 Å². The molecule has 0 aliphatic rings. The number of halogens is 2.